The van der Waals surface area contributed by atoms with Crippen LogP contribution in [0.1, 0.15) is 46.5 Å². The van der Waals surface area contributed by atoms with Gasteiger partial charge in [0.05, 0.1) is 6.10 Å². The maximum Gasteiger partial charge on any atom is 0.144 e. The van der Waals surface area contributed by atoms with Crippen molar-refractivity contribution in [1.29, 1.82) is 0 Å². The molecule has 0 aliphatic rings. The molecule has 0 aromatic rings. The van der Waals surface area contributed by atoms with Gasteiger partial charge in [0.15, 0.2) is 0 Å². The Kier molecular flexibility index (Phi) is 7.91. The van der Waals surface area contributed by atoms with Gasteiger partial charge in [-0.15, -0.1) is 0 Å². The predicted molar refractivity (Wildman–Crippen MR) is 70.2 cm³/mol. The van der Waals surface area contributed by atoms with Gasteiger partial charge in [0.2, 0.25) is 0 Å². The minimum absolute atomic E-state index is 0.212. The average Bonchev–Trinajstić information content (AvgIpc) is 2.26. The molecule has 0 rings (SSSR count). The second kappa shape index (κ2) is 8.31. The van der Waals surface area contributed by atoms with Gasteiger partial charge in [-0.05, 0) is 45.7 Å². The van der Waals surface area contributed by atoms with Gasteiger partial charge in [0.25, 0.3) is 0 Å². The molecule has 0 saturated heterocycles. The molecule has 5 nitrogen and oxygen atoms in total. The predicted octanol–water partition coefficient (Wildman–Crippen LogP) is 1.29. The largest absolute Gasteiger partial charge is 0.409 e. The Morgan fingerprint density at radius 2 is 1.94 bits per heavy atom. The third-order valence-corrected chi connectivity index (χ3v) is 2.93. The van der Waals surface area contributed by atoms with Crippen molar-refractivity contribution in [2.45, 2.75) is 52.6 Å². The highest BCUT2D eigenvalue weighted by atomic mass is 16.4. The Balaban J connectivity index is 3.52. The summed E-state index contributed by atoms with van der Waals surface area (Å²) in [6.07, 6.45) is 3.48. The topological polar surface area (TPSA) is 90.9 Å². The van der Waals surface area contributed by atoms with Crippen molar-refractivity contribution in [2.24, 2.45) is 16.3 Å². The Morgan fingerprint density at radius 3 is 2.47 bits per heavy atom. The first-order valence-corrected chi connectivity index (χ1v) is 6.27. The number of nitrogens with one attached hydrogen (secondary N) is 1. The molecule has 17 heavy (non-hydrogen) atoms. The van der Waals surface area contributed by atoms with Crippen molar-refractivity contribution in [3.8, 4) is 0 Å². The molecule has 0 bridgehead atoms. The minimum atomic E-state index is -0.254. The zero-order valence-corrected chi connectivity index (χ0v) is 11.2. The van der Waals surface area contributed by atoms with Crippen molar-refractivity contribution in [3.05, 3.63) is 0 Å². The third kappa shape index (κ3) is 7.99. The summed E-state index contributed by atoms with van der Waals surface area (Å²) in [5.74, 6) is 0.284. The lowest BCUT2D eigenvalue weighted by Crippen LogP contribution is -2.32. The molecule has 0 spiro atoms. The molecule has 0 aromatic heterocycles. The van der Waals surface area contributed by atoms with Crippen molar-refractivity contribution >= 4 is 5.84 Å². The van der Waals surface area contributed by atoms with Crippen LogP contribution >= 0.6 is 0 Å². The van der Waals surface area contributed by atoms with Gasteiger partial charge < -0.3 is 21.4 Å². The van der Waals surface area contributed by atoms with E-state index >= 15 is 0 Å². The number of hydrogen-bond donors (Lipinski definition) is 4. The summed E-state index contributed by atoms with van der Waals surface area (Å²) in [5, 5.41) is 24.1. The molecule has 0 radical (unpaired) electrons. The SMILES string of the molecule is CC(O)CCCNCCCC(C)(C)C(N)=NO. The first-order valence-electron chi connectivity index (χ1n) is 6.27. The fourth-order valence-corrected chi connectivity index (χ4v) is 1.57. The molecule has 0 saturated carbocycles. The van der Waals surface area contributed by atoms with Crippen LogP contribution in [-0.4, -0.2) is 35.3 Å². The van der Waals surface area contributed by atoms with Crippen LogP contribution in [0.2, 0.25) is 0 Å². The zero-order valence-electron chi connectivity index (χ0n) is 11.2. The number of nitrogens with two attached hydrogens (primary N) is 1. The second-order valence-corrected chi connectivity index (χ2v) is 5.21. The van der Waals surface area contributed by atoms with Gasteiger partial charge in [-0.25, -0.2) is 0 Å². The van der Waals surface area contributed by atoms with E-state index in [1.54, 1.807) is 6.92 Å². The fraction of sp³-hybridized carbons (Fsp3) is 0.917. The second-order valence-electron chi connectivity index (χ2n) is 5.21. The highest BCUT2D eigenvalue weighted by molar-refractivity contribution is 5.85. The van der Waals surface area contributed by atoms with Crippen LogP contribution in [0, 0.1) is 5.41 Å². The third-order valence-electron chi connectivity index (χ3n) is 2.93. The van der Waals surface area contributed by atoms with E-state index in [0.717, 1.165) is 38.8 Å². The lowest BCUT2D eigenvalue weighted by molar-refractivity contribution is 0.181. The normalized spacial score (nSPS) is 14.9. The van der Waals surface area contributed by atoms with Gasteiger partial charge in [-0.2, -0.15) is 0 Å². The van der Waals surface area contributed by atoms with E-state index in [-0.39, 0.29) is 17.4 Å². The van der Waals surface area contributed by atoms with Crippen LogP contribution in [0.4, 0.5) is 0 Å². The molecule has 5 heteroatoms. The molecule has 1 unspecified atom stereocenters. The average molecular weight is 245 g/mol. The van der Waals surface area contributed by atoms with Gasteiger partial charge in [-0.3, -0.25) is 0 Å². The number of aliphatic hydroxyl groups excluding tert-OH is 1. The standard InChI is InChI=1S/C12H27N3O2/c1-10(16)6-4-8-14-9-5-7-12(2,3)11(13)15-17/h10,14,16-17H,4-9H2,1-3H3,(H2,13,15). The van der Waals surface area contributed by atoms with E-state index in [0.29, 0.717) is 0 Å². The molecule has 0 fully saturated rings. The van der Waals surface area contributed by atoms with E-state index in [2.05, 4.69) is 10.5 Å². The molecule has 102 valence electrons. The van der Waals surface area contributed by atoms with Gasteiger partial charge >= 0.3 is 0 Å². The van der Waals surface area contributed by atoms with Crippen LogP contribution in [-0.2, 0) is 0 Å². The van der Waals surface area contributed by atoms with Crippen molar-refractivity contribution < 1.29 is 10.3 Å². The summed E-state index contributed by atoms with van der Waals surface area (Å²) in [4.78, 5) is 0. The van der Waals surface area contributed by atoms with E-state index < -0.39 is 0 Å². The Hall–Kier alpha value is -0.810. The zero-order chi connectivity index (χ0) is 13.3. The summed E-state index contributed by atoms with van der Waals surface area (Å²) in [5.41, 5.74) is 5.34. The lowest BCUT2D eigenvalue weighted by atomic mass is 9.86. The molecule has 0 aliphatic carbocycles. The number of hydrogen-bond acceptors (Lipinski definition) is 4. The van der Waals surface area contributed by atoms with Crippen molar-refractivity contribution in [1.82, 2.24) is 5.32 Å². The van der Waals surface area contributed by atoms with Crippen LogP contribution in [0.25, 0.3) is 0 Å². The van der Waals surface area contributed by atoms with E-state index in [1.165, 1.54) is 0 Å². The van der Waals surface area contributed by atoms with Crippen LogP contribution < -0.4 is 11.1 Å². The quantitative estimate of drug-likeness (QED) is 0.162. The highest BCUT2D eigenvalue weighted by Gasteiger charge is 2.22. The molecule has 0 heterocycles. The van der Waals surface area contributed by atoms with Crippen LogP contribution in [0.3, 0.4) is 0 Å². The number of amidine groups is 1. The van der Waals surface area contributed by atoms with Gasteiger partial charge in [0, 0.05) is 5.41 Å². The van der Waals surface area contributed by atoms with E-state index in [1.807, 2.05) is 13.8 Å². The molecule has 5 N–H and O–H groups in total. The fourth-order valence-electron chi connectivity index (χ4n) is 1.57. The van der Waals surface area contributed by atoms with Crippen molar-refractivity contribution in [2.75, 3.05) is 13.1 Å². The smallest absolute Gasteiger partial charge is 0.144 e. The van der Waals surface area contributed by atoms with Gasteiger partial charge in [-0.1, -0.05) is 19.0 Å². The summed E-state index contributed by atoms with van der Waals surface area (Å²) in [6.45, 7) is 7.58. The first kappa shape index (κ1) is 16.2. The highest BCUT2D eigenvalue weighted by Crippen LogP contribution is 2.21. The molecule has 0 aromatic carbocycles. The van der Waals surface area contributed by atoms with E-state index in [9.17, 15) is 0 Å². The Labute approximate surface area is 104 Å². The number of oxime groups is 1. The van der Waals surface area contributed by atoms with E-state index in [4.69, 9.17) is 16.0 Å². The summed E-state index contributed by atoms with van der Waals surface area (Å²) in [7, 11) is 0. The van der Waals surface area contributed by atoms with Gasteiger partial charge in [0.1, 0.15) is 5.84 Å². The van der Waals surface area contributed by atoms with Crippen LogP contribution in [0.5, 0.6) is 0 Å². The molecule has 0 amide bonds. The minimum Gasteiger partial charge on any atom is -0.409 e. The first-order chi connectivity index (χ1) is 7.90. The number of aliphatic hydroxyl groups is 1. The Morgan fingerprint density at radius 1 is 1.35 bits per heavy atom. The lowest BCUT2D eigenvalue weighted by Gasteiger charge is -2.22. The summed E-state index contributed by atoms with van der Waals surface area (Å²) < 4.78 is 0. The molecule has 1 atom stereocenters. The monoisotopic (exact) mass is 245 g/mol. The maximum atomic E-state index is 9.07. The maximum absolute atomic E-state index is 9.07. The van der Waals surface area contributed by atoms with Crippen LogP contribution in [0.15, 0.2) is 5.16 Å². The summed E-state index contributed by atoms with van der Waals surface area (Å²) in [6, 6.07) is 0. The Bertz CT molecular complexity index is 228. The number of nitrogens with zero attached hydrogens (tertiary/aromatic N) is 1. The molecule has 0 aliphatic heterocycles. The van der Waals surface area contributed by atoms with Crippen molar-refractivity contribution in [3.63, 3.8) is 0 Å². The molecular formula is C12H27N3O2. The molecular weight excluding hydrogens is 218 g/mol. The number of rotatable bonds is 9. The summed E-state index contributed by atoms with van der Waals surface area (Å²) >= 11 is 0.